The van der Waals surface area contributed by atoms with Gasteiger partial charge in [0, 0.05) is 44.9 Å². The van der Waals surface area contributed by atoms with Gasteiger partial charge < -0.3 is 20.2 Å². The number of nitrogens with one attached hydrogen (secondary N) is 1. The van der Waals surface area contributed by atoms with Crippen LogP contribution in [0.5, 0.6) is 0 Å². The summed E-state index contributed by atoms with van der Waals surface area (Å²) in [5, 5.41) is 12.2. The Bertz CT molecular complexity index is 719. The molecule has 2 aliphatic rings. The average Bonchev–Trinajstić information content (AvgIpc) is 3.03. The van der Waals surface area contributed by atoms with E-state index in [1.807, 2.05) is 6.92 Å². The maximum atomic E-state index is 12.0. The minimum atomic E-state index is -0.930. The van der Waals surface area contributed by atoms with E-state index >= 15 is 0 Å². The summed E-state index contributed by atoms with van der Waals surface area (Å²) in [4.78, 5) is 43.4. The molecule has 8 nitrogen and oxygen atoms in total. The van der Waals surface area contributed by atoms with Gasteiger partial charge in [0.15, 0.2) is 0 Å². The minimum absolute atomic E-state index is 0.119. The molecule has 146 valence electrons. The van der Waals surface area contributed by atoms with Crippen molar-refractivity contribution in [3.63, 3.8) is 0 Å². The smallest absolute Gasteiger partial charge is 0.326 e. The van der Waals surface area contributed by atoms with E-state index in [0.717, 1.165) is 31.7 Å². The highest BCUT2D eigenvalue weighted by atomic mass is 16.4. The number of carbonyl (C=O) groups excluding carboxylic acids is 2. The van der Waals surface area contributed by atoms with Crippen LogP contribution in [0.25, 0.3) is 0 Å². The second kappa shape index (κ2) is 7.54. The van der Waals surface area contributed by atoms with E-state index in [-0.39, 0.29) is 17.2 Å². The first-order valence-corrected chi connectivity index (χ1v) is 9.34. The third-order valence-corrected chi connectivity index (χ3v) is 5.69. The molecule has 8 heteroatoms. The van der Waals surface area contributed by atoms with Crippen molar-refractivity contribution < 1.29 is 19.5 Å². The summed E-state index contributed by atoms with van der Waals surface area (Å²) in [6, 6.07) is 2.76. The van der Waals surface area contributed by atoms with E-state index < -0.39 is 12.0 Å². The Kier molecular flexibility index (Phi) is 5.34. The first kappa shape index (κ1) is 19.1. The number of aliphatic carboxylic acids is 1. The highest BCUT2D eigenvalue weighted by Gasteiger charge is 2.49. The molecular weight excluding hydrogens is 348 g/mol. The zero-order valence-electron chi connectivity index (χ0n) is 15.8. The number of rotatable bonds is 4. The van der Waals surface area contributed by atoms with Crippen LogP contribution in [-0.2, 0) is 9.59 Å². The maximum absolute atomic E-state index is 12.0. The van der Waals surface area contributed by atoms with Gasteiger partial charge in [-0.15, -0.1) is 0 Å². The molecular formula is C19H26N4O4. The third-order valence-electron chi connectivity index (χ3n) is 5.69. The van der Waals surface area contributed by atoms with Gasteiger partial charge in [0.1, 0.15) is 11.9 Å². The number of carbonyl (C=O) groups is 3. The number of aromatic nitrogens is 1. The van der Waals surface area contributed by atoms with Gasteiger partial charge in [-0.3, -0.25) is 9.59 Å². The van der Waals surface area contributed by atoms with Crippen molar-refractivity contribution in [3.8, 4) is 0 Å². The topological polar surface area (TPSA) is 103 Å². The molecule has 3 heterocycles. The van der Waals surface area contributed by atoms with Crippen molar-refractivity contribution in [2.45, 2.75) is 39.2 Å². The largest absolute Gasteiger partial charge is 0.480 e. The average molecular weight is 374 g/mol. The third kappa shape index (κ3) is 3.89. The molecule has 1 aromatic heterocycles. The normalized spacial score (nSPS) is 21.3. The Morgan fingerprint density at radius 3 is 2.59 bits per heavy atom. The van der Waals surface area contributed by atoms with Crippen molar-refractivity contribution in [2.75, 3.05) is 31.1 Å². The van der Waals surface area contributed by atoms with Gasteiger partial charge in [-0.05, 0) is 43.7 Å². The van der Waals surface area contributed by atoms with Crippen LogP contribution in [0, 0.1) is 5.41 Å². The number of likely N-dealkylation sites (tertiary alicyclic amines) is 1. The van der Waals surface area contributed by atoms with Gasteiger partial charge in [0.2, 0.25) is 5.91 Å². The zero-order chi connectivity index (χ0) is 19.6. The lowest BCUT2D eigenvalue weighted by atomic mass is 9.76. The molecule has 0 radical (unpaired) electrons. The first-order chi connectivity index (χ1) is 12.8. The van der Waals surface area contributed by atoms with Crippen molar-refractivity contribution in [3.05, 3.63) is 23.9 Å². The molecule has 0 bridgehead atoms. The van der Waals surface area contributed by atoms with Gasteiger partial charge in [0.05, 0.1) is 0 Å². The quantitative estimate of drug-likeness (QED) is 0.819. The predicted molar refractivity (Wildman–Crippen MR) is 99.6 cm³/mol. The molecule has 1 spiro atoms. The Hall–Kier alpha value is -2.64. The molecule has 2 N–H and O–H groups in total. The lowest BCUT2D eigenvalue weighted by Gasteiger charge is -2.39. The summed E-state index contributed by atoms with van der Waals surface area (Å²) in [5.74, 6) is -0.476. The second-order valence-corrected chi connectivity index (χ2v) is 7.45. The van der Waals surface area contributed by atoms with Crippen LogP contribution in [0.4, 0.5) is 5.82 Å². The van der Waals surface area contributed by atoms with Crippen LogP contribution >= 0.6 is 0 Å². The molecule has 1 aromatic rings. The second-order valence-electron chi connectivity index (χ2n) is 7.45. The molecule has 2 saturated heterocycles. The summed E-state index contributed by atoms with van der Waals surface area (Å²) in [6.07, 6.45) is 3.74. The maximum Gasteiger partial charge on any atom is 0.326 e. The van der Waals surface area contributed by atoms with E-state index in [4.69, 9.17) is 0 Å². The van der Waals surface area contributed by atoms with Crippen molar-refractivity contribution in [2.24, 2.45) is 5.41 Å². The molecule has 1 atom stereocenters. The molecule has 0 aromatic carbocycles. The van der Waals surface area contributed by atoms with Crippen LogP contribution in [-0.4, -0.2) is 65.0 Å². The van der Waals surface area contributed by atoms with E-state index in [2.05, 4.69) is 15.2 Å². The predicted octanol–water partition coefficient (Wildman–Crippen LogP) is 1.12. The summed E-state index contributed by atoms with van der Waals surface area (Å²) < 4.78 is 0. The molecule has 27 heavy (non-hydrogen) atoms. The van der Waals surface area contributed by atoms with E-state index in [0.29, 0.717) is 25.1 Å². The minimum Gasteiger partial charge on any atom is -0.480 e. The number of carboxylic acid groups (broad SMARTS) is 1. The lowest BCUT2D eigenvalue weighted by molar-refractivity contribution is -0.147. The SMILES string of the molecule is CCNC(=O)c1ccnc(N2CCC3(CC2)C[C@@H](C(=O)O)N(C(C)=O)C3)c1. The molecule has 0 aliphatic carbocycles. The fourth-order valence-electron chi connectivity index (χ4n) is 4.18. The van der Waals surface area contributed by atoms with Gasteiger partial charge in [0.25, 0.3) is 5.91 Å². The summed E-state index contributed by atoms with van der Waals surface area (Å²) in [7, 11) is 0. The van der Waals surface area contributed by atoms with E-state index in [9.17, 15) is 19.5 Å². The zero-order valence-corrected chi connectivity index (χ0v) is 15.8. The number of nitrogens with zero attached hydrogens (tertiary/aromatic N) is 3. The molecule has 0 saturated carbocycles. The van der Waals surface area contributed by atoms with Crippen LogP contribution in [0.15, 0.2) is 18.3 Å². The van der Waals surface area contributed by atoms with Crippen molar-refractivity contribution in [1.82, 2.24) is 15.2 Å². The molecule has 2 fully saturated rings. The fourth-order valence-corrected chi connectivity index (χ4v) is 4.18. The highest BCUT2D eigenvalue weighted by Crippen LogP contribution is 2.44. The number of pyridine rings is 1. The summed E-state index contributed by atoms with van der Waals surface area (Å²) in [5.41, 5.74) is 0.430. The van der Waals surface area contributed by atoms with E-state index in [1.54, 1.807) is 18.3 Å². The van der Waals surface area contributed by atoms with Crippen molar-refractivity contribution in [1.29, 1.82) is 0 Å². The van der Waals surface area contributed by atoms with Gasteiger partial charge in [-0.2, -0.15) is 0 Å². The Labute approximate surface area is 158 Å². The van der Waals surface area contributed by atoms with Gasteiger partial charge >= 0.3 is 5.97 Å². The number of anilines is 1. The Balaban J connectivity index is 1.69. The fraction of sp³-hybridized carbons (Fsp3) is 0.579. The molecule has 2 aliphatic heterocycles. The lowest BCUT2D eigenvalue weighted by Crippen LogP contribution is -2.42. The number of hydrogen-bond acceptors (Lipinski definition) is 5. The monoisotopic (exact) mass is 374 g/mol. The number of carboxylic acids is 1. The van der Waals surface area contributed by atoms with E-state index in [1.165, 1.54) is 11.8 Å². The van der Waals surface area contributed by atoms with Crippen molar-refractivity contribution >= 4 is 23.6 Å². The molecule has 3 rings (SSSR count). The Morgan fingerprint density at radius 1 is 1.33 bits per heavy atom. The van der Waals surface area contributed by atoms with Crippen LogP contribution < -0.4 is 10.2 Å². The first-order valence-electron chi connectivity index (χ1n) is 9.34. The van der Waals surface area contributed by atoms with Gasteiger partial charge in [-0.1, -0.05) is 0 Å². The number of hydrogen-bond donors (Lipinski definition) is 2. The number of amides is 2. The summed E-state index contributed by atoms with van der Waals surface area (Å²) in [6.45, 7) is 5.83. The molecule has 2 amide bonds. The standard InChI is InChI=1S/C19H26N4O4/c1-3-20-17(25)14-4-7-21-16(10-14)22-8-5-19(6-9-22)11-15(18(26)27)23(12-19)13(2)24/h4,7,10,15H,3,5-6,8-9,11-12H2,1-2H3,(H,20,25)(H,26,27)/t15-/m0/s1. The summed E-state index contributed by atoms with van der Waals surface area (Å²) >= 11 is 0. The van der Waals surface area contributed by atoms with Gasteiger partial charge in [-0.25, -0.2) is 9.78 Å². The molecule has 0 unspecified atom stereocenters. The number of piperidine rings is 1. The van der Waals surface area contributed by atoms with Crippen LogP contribution in [0.2, 0.25) is 0 Å². The Morgan fingerprint density at radius 2 is 2.04 bits per heavy atom. The van der Waals surface area contributed by atoms with Crippen LogP contribution in [0.1, 0.15) is 43.5 Å². The highest BCUT2D eigenvalue weighted by molar-refractivity contribution is 5.94. The van der Waals surface area contributed by atoms with Crippen LogP contribution in [0.3, 0.4) is 0 Å².